The van der Waals surface area contributed by atoms with Gasteiger partial charge in [0.05, 0.1) is 13.2 Å². The van der Waals surface area contributed by atoms with Gasteiger partial charge in [-0.15, -0.1) is 0 Å². The lowest BCUT2D eigenvalue weighted by Gasteiger charge is -2.18. The number of nitrogens with two attached hydrogens (primary N) is 1. The smallest absolute Gasteiger partial charge is 0.125 e. The van der Waals surface area contributed by atoms with Crippen LogP contribution in [0.25, 0.3) is 0 Å². The Morgan fingerprint density at radius 3 is 1.56 bits per heavy atom. The lowest BCUT2D eigenvalue weighted by molar-refractivity contribution is 0.223. The number of anilines is 1. The first-order valence-electron chi connectivity index (χ1n) is 10.3. The summed E-state index contributed by atoms with van der Waals surface area (Å²) in [6.07, 6.45) is 9.78. The summed E-state index contributed by atoms with van der Waals surface area (Å²) in [5.41, 5.74) is 6.74. The van der Waals surface area contributed by atoms with Crippen LogP contribution in [0.3, 0.4) is 0 Å². The Hall–Kier alpha value is -1.38. The van der Waals surface area contributed by atoms with Crippen molar-refractivity contribution in [3.63, 3.8) is 0 Å². The second-order valence-electron chi connectivity index (χ2n) is 7.19. The molecule has 1 aromatic carbocycles. The fourth-order valence-corrected chi connectivity index (χ4v) is 2.98. The summed E-state index contributed by atoms with van der Waals surface area (Å²) < 4.78 is 12.0. The van der Waals surface area contributed by atoms with Crippen LogP contribution in [0.2, 0.25) is 0 Å². The monoisotopic (exact) mass is 349 g/mol. The average molecular weight is 350 g/mol. The van der Waals surface area contributed by atoms with Gasteiger partial charge in [0.15, 0.2) is 0 Å². The van der Waals surface area contributed by atoms with Crippen LogP contribution < -0.4 is 15.2 Å². The number of rotatable bonds is 14. The summed E-state index contributed by atoms with van der Waals surface area (Å²) in [4.78, 5) is 0. The largest absolute Gasteiger partial charge is 0.493 e. The van der Waals surface area contributed by atoms with Crippen molar-refractivity contribution in [2.24, 2.45) is 11.8 Å². The molecule has 2 atom stereocenters. The van der Waals surface area contributed by atoms with E-state index in [1.165, 1.54) is 38.5 Å². The summed E-state index contributed by atoms with van der Waals surface area (Å²) in [5.74, 6) is 2.88. The summed E-state index contributed by atoms with van der Waals surface area (Å²) in [6, 6.07) is 5.77. The number of nitrogen functional groups attached to an aromatic ring is 1. The Labute approximate surface area is 155 Å². The lowest BCUT2D eigenvalue weighted by atomic mass is 10.0. The van der Waals surface area contributed by atoms with Gasteiger partial charge in [0, 0.05) is 23.9 Å². The molecule has 0 heterocycles. The molecular weight excluding hydrogens is 310 g/mol. The highest BCUT2D eigenvalue weighted by molar-refractivity contribution is 5.50. The van der Waals surface area contributed by atoms with Crippen molar-refractivity contribution < 1.29 is 9.47 Å². The van der Waals surface area contributed by atoms with Crippen LogP contribution in [0.5, 0.6) is 11.5 Å². The van der Waals surface area contributed by atoms with Gasteiger partial charge in [-0.2, -0.15) is 0 Å². The van der Waals surface area contributed by atoms with Gasteiger partial charge in [-0.25, -0.2) is 0 Å². The zero-order valence-corrected chi connectivity index (χ0v) is 16.9. The number of unbranched alkanes of at least 4 members (excludes halogenated alkanes) is 2. The molecular formula is C22H39NO2. The number of ether oxygens (including phenoxy) is 2. The van der Waals surface area contributed by atoms with Gasteiger partial charge in [0.25, 0.3) is 0 Å². The molecule has 0 aliphatic carbocycles. The molecule has 2 N–H and O–H groups in total. The molecule has 0 aliphatic rings. The van der Waals surface area contributed by atoms with Crippen molar-refractivity contribution >= 4 is 5.69 Å². The molecule has 3 heteroatoms. The van der Waals surface area contributed by atoms with Crippen molar-refractivity contribution in [3.8, 4) is 11.5 Å². The fraction of sp³-hybridized carbons (Fsp3) is 0.727. The van der Waals surface area contributed by atoms with Crippen molar-refractivity contribution in [1.82, 2.24) is 0 Å². The van der Waals surface area contributed by atoms with E-state index >= 15 is 0 Å². The van der Waals surface area contributed by atoms with Crippen LogP contribution in [-0.4, -0.2) is 13.2 Å². The zero-order valence-electron chi connectivity index (χ0n) is 16.9. The standard InChI is InChI=1S/C22H39NO2/c1-5-9-11-18(7-3)16-24-21-13-20(23)14-22(15-21)25-17-19(8-4)12-10-6-2/h13-15,18-19H,5-12,16-17,23H2,1-4H3. The van der Waals surface area contributed by atoms with E-state index in [1.54, 1.807) is 0 Å². The number of hydrogen-bond acceptors (Lipinski definition) is 3. The van der Waals surface area contributed by atoms with Crippen molar-refractivity contribution in [1.29, 1.82) is 0 Å². The van der Waals surface area contributed by atoms with E-state index in [-0.39, 0.29) is 0 Å². The zero-order chi connectivity index (χ0) is 18.5. The van der Waals surface area contributed by atoms with E-state index in [2.05, 4.69) is 27.7 Å². The second kappa shape index (κ2) is 12.9. The molecule has 0 aliphatic heterocycles. The van der Waals surface area contributed by atoms with Crippen LogP contribution in [0.4, 0.5) is 5.69 Å². The molecule has 3 nitrogen and oxygen atoms in total. The molecule has 25 heavy (non-hydrogen) atoms. The minimum atomic E-state index is 0.615. The molecule has 0 amide bonds. The molecule has 0 aromatic heterocycles. The topological polar surface area (TPSA) is 44.5 Å². The van der Waals surface area contributed by atoms with E-state index < -0.39 is 0 Å². The predicted octanol–water partition coefficient (Wildman–Crippen LogP) is 6.46. The van der Waals surface area contributed by atoms with Gasteiger partial charge in [0.2, 0.25) is 0 Å². The third-order valence-corrected chi connectivity index (χ3v) is 4.96. The first-order valence-corrected chi connectivity index (χ1v) is 10.3. The normalized spacial score (nSPS) is 13.4. The molecule has 0 fully saturated rings. The maximum absolute atomic E-state index is 6.04. The number of benzene rings is 1. The van der Waals surface area contributed by atoms with E-state index in [1.807, 2.05) is 18.2 Å². The average Bonchev–Trinajstić information content (AvgIpc) is 2.61. The van der Waals surface area contributed by atoms with Crippen molar-refractivity contribution in [2.75, 3.05) is 18.9 Å². The highest BCUT2D eigenvalue weighted by atomic mass is 16.5. The highest BCUT2D eigenvalue weighted by Crippen LogP contribution is 2.26. The summed E-state index contributed by atoms with van der Waals surface area (Å²) in [6.45, 7) is 10.5. The molecule has 0 bridgehead atoms. The van der Waals surface area contributed by atoms with E-state index in [4.69, 9.17) is 15.2 Å². The van der Waals surface area contributed by atoms with Crippen LogP contribution in [0.1, 0.15) is 79.1 Å². The maximum atomic E-state index is 6.04. The number of hydrogen-bond donors (Lipinski definition) is 1. The second-order valence-corrected chi connectivity index (χ2v) is 7.19. The van der Waals surface area contributed by atoms with Gasteiger partial charge in [-0.05, 0) is 24.7 Å². The molecule has 1 rings (SSSR count). The molecule has 1 aromatic rings. The molecule has 0 saturated heterocycles. The van der Waals surface area contributed by atoms with Crippen molar-refractivity contribution in [2.45, 2.75) is 79.1 Å². The van der Waals surface area contributed by atoms with Crippen LogP contribution in [-0.2, 0) is 0 Å². The fourth-order valence-electron chi connectivity index (χ4n) is 2.98. The van der Waals surface area contributed by atoms with Gasteiger partial charge < -0.3 is 15.2 Å². The van der Waals surface area contributed by atoms with E-state index in [9.17, 15) is 0 Å². The van der Waals surface area contributed by atoms with Crippen molar-refractivity contribution in [3.05, 3.63) is 18.2 Å². The lowest BCUT2D eigenvalue weighted by Crippen LogP contribution is -2.13. The summed E-state index contributed by atoms with van der Waals surface area (Å²) in [7, 11) is 0. The molecule has 0 spiro atoms. The molecule has 0 radical (unpaired) electrons. The third-order valence-electron chi connectivity index (χ3n) is 4.96. The van der Waals surface area contributed by atoms with Crippen LogP contribution in [0, 0.1) is 11.8 Å². The summed E-state index contributed by atoms with van der Waals surface area (Å²) in [5, 5.41) is 0. The van der Waals surface area contributed by atoms with Crippen LogP contribution >= 0.6 is 0 Å². The Balaban J connectivity index is 2.56. The van der Waals surface area contributed by atoms with E-state index in [0.717, 1.165) is 37.6 Å². The predicted molar refractivity (Wildman–Crippen MR) is 108 cm³/mol. The molecule has 0 saturated carbocycles. The quantitative estimate of drug-likeness (QED) is 0.392. The van der Waals surface area contributed by atoms with Crippen LogP contribution in [0.15, 0.2) is 18.2 Å². The first-order chi connectivity index (χ1) is 12.1. The Kier molecular flexibility index (Phi) is 11.2. The van der Waals surface area contributed by atoms with Gasteiger partial charge in [0.1, 0.15) is 11.5 Å². The first kappa shape index (κ1) is 21.7. The maximum Gasteiger partial charge on any atom is 0.125 e. The molecule has 144 valence electrons. The third kappa shape index (κ3) is 9.04. The SMILES string of the molecule is CCCCC(CC)COc1cc(N)cc(OCC(CC)CCCC)c1. The van der Waals surface area contributed by atoms with Gasteiger partial charge in [-0.1, -0.05) is 66.2 Å². The summed E-state index contributed by atoms with van der Waals surface area (Å²) >= 11 is 0. The Bertz CT molecular complexity index is 423. The minimum Gasteiger partial charge on any atom is -0.493 e. The van der Waals surface area contributed by atoms with Gasteiger partial charge in [-0.3, -0.25) is 0 Å². The Morgan fingerprint density at radius 2 is 1.20 bits per heavy atom. The van der Waals surface area contributed by atoms with Gasteiger partial charge >= 0.3 is 0 Å². The Morgan fingerprint density at radius 1 is 0.760 bits per heavy atom. The highest BCUT2D eigenvalue weighted by Gasteiger charge is 2.10. The molecule has 2 unspecified atom stereocenters. The van der Waals surface area contributed by atoms with E-state index in [0.29, 0.717) is 17.5 Å². The minimum absolute atomic E-state index is 0.615.